The Labute approximate surface area is 131 Å². The van der Waals surface area contributed by atoms with E-state index >= 15 is 0 Å². The fraction of sp³-hybridized carbons (Fsp3) is 0.467. The van der Waals surface area contributed by atoms with Gasteiger partial charge in [-0.1, -0.05) is 0 Å². The molecule has 0 radical (unpaired) electrons. The van der Waals surface area contributed by atoms with Gasteiger partial charge in [0.05, 0.1) is 5.69 Å². The minimum Gasteiger partial charge on any atom is -0.448 e. The molecular formula is C15H17N3O3S. The number of ether oxygens (including phenoxy) is 1. The van der Waals surface area contributed by atoms with E-state index in [1.807, 2.05) is 13.8 Å². The van der Waals surface area contributed by atoms with Crippen LogP contribution in [0.5, 0.6) is 0 Å². The van der Waals surface area contributed by atoms with Gasteiger partial charge in [0.15, 0.2) is 6.10 Å². The van der Waals surface area contributed by atoms with Crippen LogP contribution >= 0.6 is 11.3 Å². The van der Waals surface area contributed by atoms with Crippen LogP contribution in [0.25, 0.3) is 10.2 Å². The summed E-state index contributed by atoms with van der Waals surface area (Å²) in [7, 11) is 0. The first-order valence-corrected chi connectivity index (χ1v) is 7.98. The van der Waals surface area contributed by atoms with Crippen molar-refractivity contribution >= 4 is 33.4 Å². The first-order chi connectivity index (χ1) is 10.4. The number of fused-ring (bicyclic) bond motifs is 1. The smallest absolute Gasteiger partial charge is 0.349 e. The second kappa shape index (κ2) is 5.31. The van der Waals surface area contributed by atoms with Crippen molar-refractivity contribution in [3.63, 3.8) is 0 Å². The molecule has 7 heteroatoms. The molecule has 0 saturated heterocycles. The molecule has 1 aliphatic rings. The van der Waals surface area contributed by atoms with Gasteiger partial charge >= 0.3 is 5.97 Å². The molecule has 2 N–H and O–H groups in total. The van der Waals surface area contributed by atoms with Gasteiger partial charge < -0.3 is 10.5 Å². The summed E-state index contributed by atoms with van der Waals surface area (Å²) in [5, 5.41) is 0.896. The summed E-state index contributed by atoms with van der Waals surface area (Å²) in [6.07, 6.45) is 1.30. The monoisotopic (exact) mass is 319 g/mol. The molecule has 1 unspecified atom stereocenters. The minimum absolute atomic E-state index is 0.452. The molecule has 116 valence electrons. The summed E-state index contributed by atoms with van der Waals surface area (Å²) in [5.41, 5.74) is 6.80. The second-order valence-electron chi connectivity index (χ2n) is 5.63. The highest BCUT2D eigenvalue weighted by Gasteiger charge is 2.29. The van der Waals surface area contributed by atoms with Crippen LogP contribution < -0.4 is 5.73 Å². The van der Waals surface area contributed by atoms with Gasteiger partial charge in [0.2, 0.25) is 0 Å². The number of rotatable bonds is 4. The fourth-order valence-corrected chi connectivity index (χ4v) is 3.47. The zero-order valence-electron chi connectivity index (χ0n) is 12.7. The molecule has 1 atom stereocenters. The normalized spacial score (nSPS) is 15.8. The molecule has 2 aromatic heterocycles. The minimum atomic E-state index is -0.952. The van der Waals surface area contributed by atoms with E-state index in [0.29, 0.717) is 10.8 Å². The number of nitrogens with zero attached hydrogens (tertiary/aromatic N) is 2. The predicted molar refractivity (Wildman–Crippen MR) is 82.9 cm³/mol. The van der Waals surface area contributed by atoms with Crippen LogP contribution in [0.4, 0.5) is 0 Å². The highest BCUT2D eigenvalue weighted by molar-refractivity contribution is 7.20. The van der Waals surface area contributed by atoms with Crippen molar-refractivity contribution in [2.45, 2.75) is 45.6 Å². The second-order valence-corrected chi connectivity index (χ2v) is 6.63. The van der Waals surface area contributed by atoms with Crippen molar-refractivity contribution in [3.8, 4) is 0 Å². The van der Waals surface area contributed by atoms with Gasteiger partial charge in [-0.25, -0.2) is 14.8 Å². The highest BCUT2D eigenvalue weighted by Crippen LogP contribution is 2.40. The predicted octanol–water partition coefficient (Wildman–Crippen LogP) is 2.22. The van der Waals surface area contributed by atoms with E-state index in [-0.39, 0.29) is 0 Å². The molecule has 1 aliphatic carbocycles. The van der Waals surface area contributed by atoms with Crippen LogP contribution in [-0.4, -0.2) is 27.9 Å². The Morgan fingerprint density at radius 3 is 2.59 bits per heavy atom. The van der Waals surface area contributed by atoms with E-state index in [4.69, 9.17) is 10.5 Å². The molecule has 22 heavy (non-hydrogen) atoms. The molecular weight excluding hydrogens is 302 g/mol. The summed E-state index contributed by atoms with van der Waals surface area (Å²) in [6, 6.07) is 0. The molecule has 6 nitrogen and oxygen atoms in total. The summed E-state index contributed by atoms with van der Waals surface area (Å²) in [6.45, 7) is 5.23. The third-order valence-electron chi connectivity index (χ3n) is 3.80. The SMILES string of the molecule is Cc1nc(C2CC2)nc2sc(C(=O)OC(C)C(N)=O)c(C)c12. The lowest BCUT2D eigenvalue weighted by Crippen LogP contribution is -2.30. The average molecular weight is 319 g/mol. The number of thiophene rings is 1. The maximum absolute atomic E-state index is 12.2. The van der Waals surface area contributed by atoms with Gasteiger partial charge in [0.25, 0.3) is 5.91 Å². The summed E-state index contributed by atoms with van der Waals surface area (Å²) < 4.78 is 5.09. The van der Waals surface area contributed by atoms with Crippen LogP contribution in [0.15, 0.2) is 0 Å². The van der Waals surface area contributed by atoms with Crippen LogP contribution in [0.1, 0.15) is 52.4 Å². The van der Waals surface area contributed by atoms with E-state index in [2.05, 4.69) is 9.97 Å². The van der Waals surface area contributed by atoms with E-state index in [9.17, 15) is 9.59 Å². The molecule has 1 saturated carbocycles. The third-order valence-corrected chi connectivity index (χ3v) is 4.97. The van der Waals surface area contributed by atoms with Gasteiger partial charge in [-0.2, -0.15) is 0 Å². The third kappa shape index (κ3) is 2.56. The van der Waals surface area contributed by atoms with E-state index in [1.54, 1.807) is 0 Å². The van der Waals surface area contributed by atoms with E-state index in [0.717, 1.165) is 40.1 Å². The molecule has 2 heterocycles. The van der Waals surface area contributed by atoms with E-state index in [1.165, 1.54) is 18.3 Å². The maximum atomic E-state index is 12.2. The van der Waals surface area contributed by atoms with Crippen LogP contribution in [0.3, 0.4) is 0 Å². The number of primary amides is 1. The number of hydrogen-bond donors (Lipinski definition) is 1. The molecule has 2 aromatic rings. The van der Waals surface area contributed by atoms with Gasteiger partial charge in [-0.15, -0.1) is 11.3 Å². The number of nitrogens with two attached hydrogens (primary N) is 1. The van der Waals surface area contributed by atoms with Crippen molar-refractivity contribution in [2.24, 2.45) is 5.73 Å². The Balaban J connectivity index is 2.00. The number of aryl methyl sites for hydroxylation is 2. The highest BCUT2D eigenvalue weighted by atomic mass is 32.1. The largest absolute Gasteiger partial charge is 0.448 e. The Bertz CT molecular complexity index is 780. The number of amides is 1. The van der Waals surface area contributed by atoms with Gasteiger partial charge in [-0.3, -0.25) is 4.79 Å². The lowest BCUT2D eigenvalue weighted by Gasteiger charge is -2.08. The number of aromatic nitrogens is 2. The lowest BCUT2D eigenvalue weighted by molar-refractivity contribution is -0.125. The first kappa shape index (κ1) is 14.9. The molecule has 0 aliphatic heterocycles. The van der Waals surface area contributed by atoms with Crippen molar-refractivity contribution in [1.82, 2.24) is 9.97 Å². The van der Waals surface area contributed by atoms with Crippen molar-refractivity contribution in [1.29, 1.82) is 0 Å². The van der Waals surface area contributed by atoms with Crippen LogP contribution in [0, 0.1) is 13.8 Å². The van der Waals surface area contributed by atoms with Crippen LogP contribution in [-0.2, 0) is 9.53 Å². The molecule has 0 spiro atoms. The fourth-order valence-electron chi connectivity index (χ4n) is 2.35. The Morgan fingerprint density at radius 1 is 1.32 bits per heavy atom. The Hall–Kier alpha value is -2.02. The summed E-state index contributed by atoms with van der Waals surface area (Å²) in [4.78, 5) is 33.6. The standard InChI is InChI=1S/C15H17N3O3S/c1-6-10-7(2)17-13(9-4-5-9)18-14(10)22-11(6)15(20)21-8(3)12(16)19/h8-9H,4-5H2,1-3H3,(H2,16,19). The number of carbonyl (C=O) groups is 2. The lowest BCUT2D eigenvalue weighted by atomic mass is 10.1. The van der Waals surface area contributed by atoms with Crippen molar-refractivity contribution in [3.05, 3.63) is 22.0 Å². The Morgan fingerprint density at radius 2 is 2.00 bits per heavy atom. The molecule has 3 rings (SSSR count). The first-order valence-electron chi connectivity index (χ1n) is 7.16. The molecule has 1 amide bonds. The summed E-state index contributed by atoms with van der Waals surface area (Å²) in [5.74, 6) is 0.103. The molecule has 0 aromatic carbocycles. The maximum Gasteiger partial charge on any atom is 0.349 e. The average Bonchev–Trinajstić information content (AvgIpc) is 3.23. The van der Waals surface area contributed by atoms with Gasteiger partial charge in [-0.05, 0) is 39.2 Å². The van der Waals surface area contributed by atoms with E-state index < -0.39 is 18.0 Å². The zero-order chi connectivity index (χ0) is 16.0. The summed E-state index contributed by atoms with van der Waals surface area (Å²) >= 11 is 1.28. The van der Waals surface area contributed by atoms with Gasteiger partial charge in [0.1, 0.15) is 15.5 Å². The number of esters is 1. The van der Waals surface area contributed by atoms with Gasteiger partial charge in [0, 0.05) is 11.3 Å². The van der Waals surface area contributed by atoms with Crippen LogP contribution in [0.2, 0.25) is 0 Å². The topological polar surface area (TPSA) is 95.2 Å². The molecule has 1 fully saturated rings. The number of hydrogen-bond acceptors (Lipinski definition) is 6. The Kier molecular flexibility index (Phi) is 3.60. The zero-order valence-corrected chi connectivity index (χ0v) is 13.5. The van der Waals surface area contributed by atoms with Crippen molar-refractivity contribution in [2.75, 3.05) is 0 Å². The quantitative estimate of drug-likeness (QED) is 0.872. The number of carbonyl (C=O) groups excluding carboxylic acids is 2. The van der Waals surface area contributed by atoms with Crippen molar-refractivity contribution < 1.29 is 14.3 Å². The molecule has 0 bridgehead atoms.